The number of nitrogens with one attached hydrogen (secondary N) is 1. The number of hydrogen-bond donors (Lipinski definition) is 1. The number of Topliss-reactive ketones (excluding diaryl/α,β-unsaturated/α-hetero) is 1. The molecule has 0 saturated carbocycles. The summed E-state index contributed by atoms with van der Waals surface area (Å²) in [4.78, 5) is 15.6. The van der Waals surface area contributed by atoms with E-state index in [4.69, 9.17) is 0 Å². The number of halogens is 1. The predicted octanol–water partition coefficient (Wildman–Crippen LogP) is 1.40. The van der Waals surface area contributed by atoms with E-state index < -0.39 is 5.82 Å². The van der Waals surface area contributed by atoms with Crippen molar-refractivity contribution < 1.29 is 9.18 Å². The number of ketones is 1. The van der Waals surface area contributed by atoms with Crippen LogP contribution in [0.2, 0.25) is 0 Å². The molecular weight excluding hydrogens is 195 g/mol. The van der Waals surface area contributed by atoms with Crippen LogP contribution in [-0.4, -0.2) is 23.9 Å². The van der Waals surface area contributed by atoms with Crippen LogP contribution in [0.15, 0.2) is 18.5 Å². The molecular formula is C11H13FN2O. The van der Waals surface area contributed by atoms with Crippen LogP contribution in [0.25, 0.3) is 0 Å². The quantitative estimate of drug-likeness (QED) is 0.747. The summed E-state index contributed by atoms with van der Waals surface area (Å²) in [5, 5.41) is 3.19. The van der Waals surface area contributed by atoms with E-state index in [1.807, 2.05) is 0 Å². The van der Waals surface area contributed by atoms with Crippen molar-refractivity contribution in [2.45, 2.75) is 12.8 Å². The largest absolute Gasteiger partial charge is 0.317 e. The number of pyridine rings is 1. The summed E-state index contributed by atoms with van der Waals surface area (Å²) >= 11 is 0. The van der Waals surface area contributed by atoms with E-state index in [-0.39, 0.29) is 11.7 Å². The number of rotatable bonds is 2. The van der Waals surface area contributed by atoms with Crippen molar-refractivity contribution in [2.75, 3.05) is 13.1 Å². The van der Waals surface area contributed by atoms with Gasteiger partial charge < -0.3 is 5.32 Å². The van der Waals surface area contributed by atoms with E-state index in [2.05, 4.69) is 10.3 Å². The van der Waals surface area contributed by atoms with Gasteiger partial charge in [-0.2, -0.15) is 0 Å². The van der Waals surface area contributed by atoms with Gasteiger partial charge in [0.15, 0.2) is 5.78 Å². The SMILES string of the molecule is O=C(c1cncc(F)c1)C1CCNCC1. The minimum absolute atomic E-state index is 0.0171. The van der Waals surface area contributed by atoms with Crippen LogP contribution in [0.1, 0.15) is 23.2 Å². The Kier molecular flexibility index (Phi) is 3.06. The van der Waals surface area contributed by atoms with E-state index in [9.17, 15) is 9.18 Å². The second-order valence-electron chi connectivity index (χ2n) is 3.78. The van der Waals surface area contributed by atoms with Gasteiger partial charge in [-0.1, -0.05) is 0 Å². The molecule has 0 radical (unpaired) electrons. The molecule has 1 saturated heterocycles. The molecule has 80 valence electrons. The lowest BCUT2D eigenvalue weighted by atomic mass is 9.90. The van der Waals surface area contributed by atoms with Crippen LogP contribution in [0.3, 0.4) is 0 Å². The first kappa shape index (κ1) is 10.2. The Morgan fingerprint density at radius 1 is 1.40 bits per heavy atom. The molecule has 1 aliphatic heterocycles. The van der Waals surface area contributed by atoms with Gasteiger partial charge in [0, 0.05) is 17.7 Å². The van der Waals surface area contributed by atoms with Crippen molar-refractivity contribution in [3.63, 3.8) is 0 Å². The number of hydrogen-bond acceptors (Lipinski definition) is 3. The highest BCUT2D eigenvalue weighted by molar-refractivity contribution is 5.97. The van der Waals surface area contributed by atoms with E-state index in [1.54, 1.807) is 0 Å². The Balaban J connectivity index is 2.12. The third-order valence-electron chi connectivity index (χ3n) is 2.70. The van der Waals surface area contributed by atoms with Gasteiger partial charge in [-0.05, 0) is 32.0 Å². The molecule has 1 N–H and O–H groups in total. The maximum atomic E-state index is 12.9. The zero-order valence-corrected chi connectivity index (χ0v) is 8.37. The smallest absolute Gasteiger partial charge is 0.167 e. The van der Waals surface area contributed by atoms with Gasteiger partial charge in [0.25, 0.3) is 0 Å². The number of carbonyl (C=O) groups is 1. The molecule has 0 spiro atoms. The second kappa shape index (κ2) is 4.49. The fourth-order valence-corrected chi connectivity index (χ4v) is 1.87. The highest BCUT2D eigenvalue weighted by atomic mass is 19.1. The Morgan fingerprint density at radius 3 is 2.80 bits per heavy atom. The third kappa shape index (κ3) is 2.39. The molecule has 0 atom stereocenters. The standard InChI is InChI=1S/C11H13FN2O/c12-10-5-9(6-14-7-10)11(15)8-1-3-13-4-2-8/h5-8,13H,1-4H2. The normalized spacial score (nSPS) is 17.7. The van der Waals surface area contributed by atoms with Crippen LogP contribution in [0.5, 0.6) is 0 Å². The lowest BCUT2D eigenvalue weighted by Gasteiger charge is -2.21. The molecule has 0 aromatic carbocycles. The maximum Gasteiger partial charge on any atom is 0.167 e. The molecule has 1 aliphatic rings. The molecule has 0 unspecified atom stereocenters. The molecule has 0 bridgehead atoms. The van der Waals surface area contributed by atoms with E-state index in [0.29, 0.717) is 5.56 Å². The van der Waals surface area contributed by atoms with Gasteiger partial charge >= 0.3 is 0 Å². The Hall–Kier alpha value is -1.29. The fourth-order valence-electron chi connectivity index (χ4n) is 1.87. The van der Waals surface area contributed by atoms with Crippen molar-refractivity contribution in [1.82, 2.24) is 10.3 Å². The minimum atomic E-state index is -0.449. The van der Waals surface area contributed by atoms with Gasteiger partial charge in [0.1, 0.15) is 5.82 Å². The van der Waals surface area contributed by atoms with Crippen molar-refractivity contribution in [3.05, 3.63) is 29.8 Å². The van der Waals surface area contributed by atoms with E-state index in [1.165, 1.54) is 12.3 Å². The Labute approximate surface area is 87.7 Å². The summed E-state index contributed by atoms with van der Waals surface area (Å²) in [5.74, 6) is -0.409. The minimum Gasteiger partial charge on any atom is -0.317 e. The number of piperidine rings is 1. The van der Waals surface area contributed by atoms with Crippen LogP contribution in [0, 0.1) is 11.7 Å². The lowest BCUT2D eigenvalue weighted by Crippen LogP contribution is -2.31. The third-order valence-corrected chi connectivity index (χ3v) is 2.70. The van der Waals surface area contributed by atoms with Gasteiger partial charge in [0.05, 0.1) is 6.20 Å². The molecule has 0 amide bonds. The highest BCUT2D eigenvalue weighted by Gasteiger charge is 2.22. The van der Waals surface area contributed by atoms with Crippen molar-refractivity contribution in [2.24, 2.45) is 5.92 Å². The fraction of sp³-hybridized carbons (Fsp3) is 0.455. The summed E-state index contributed by atoms with van der Waals surface area (Å²) in [5.41, 5.74) is 0.391. The molecule has 0 aliphatic carbocycles. The van der Waals surface area contributed by atoms with Crippen molar-refractivity contribution in [1.29, 1.82) is 0 Å². The molecule has 1 aromatic heterocycles. The summed E-state index contributed by atoms with van der Waals surface area (Å²) in [6, 6.07) is 1.26. The molecule has 2 heterocycles. The van der Waals surface area contributed by atoms with Gasteiger partial charge in [-0.25, -0.2) is 4.39 Å². The summed E-state index contributed by atoms with van der Waals surface area (Å²) in [7, 11) is 0. The molecule has 1 aromatic rings. The van der Waals surface area contributed by atoms with Crippen molar-refractivity contribution in [3.8, 4) is 0 Å². The van der Waals surface area contributed by atoms with Gasteiger partial charge in [0.2, 0.25) is 0 Å². The predicted molar refractivity (Wildman–Crippen MR) is 54.1 cm³/mol. The zero-order chi connectivity index (χ0) is 10.7. The highest BCUT2D eigenvalue weighted by Crippen LogP contribution is 2.17. The zero-order valence-electron chi connectivity index (χ0n) is 8.37. The van der Waals surface area contributed by atoms with E-state index >= 15 is 0 Å². The first-order valence-electron chi connectivity index (χ1n) is 5.13. The average molecular weight is 208 g/mol. The van der Waals surface area contributed by atoms with Crippen molar-refractivity contribution >= 4 is 5.78 Å². The Bertz CT molecular complexity index is 361. The second-order valence-corrected chi connectivity index (χ2v) is 3.78. The number of nitrogens with zero attached hydrogens (tertiary/aromatic N) is 1. The number of carbonyl (C=O) groups excluding carboxylic acids is 1. The number of aromatic nitrogens is 1. The molecule has 4 heteroatoms. The van der Waals surface area contributed by atoms with Gasteiger partial charge in [-0.3, -0.25) is 9.78 Å². The van der Waals surface area contributed by atoms with Crippen LogP contribution >= 0.6 is 0 Å². The lowest BCUT2D eigenvalue weighted by molar-refractivity contribution is 0.0894. The average Bonchev–Trinajstić information content (AvgIpc) is 2.29. The van der Waals surface area contributed by atoms with Crippen LogP contribution in [-0.2, 0) is 0 Å². The summed E-state index contributed by atoms with van der Waals surface area (Å²) in [6.07, 6.45) is 4.21. The topological polar surface area (TPSA) is 42.0 Å². The summed E-state index contributed by atoms with van der Waals surface area (Å²) < 4.78 is 12.9. The molecule has 1 fully saturated rings. The Morgan fingerprint density at radius 2 is 2.13 bits per heavy atom. The van der Waals surface area contributed by atoms with Crippen LogP contribution < -0.4 is 5.32 Å². The molecule has 2 rings (SSSR count). The first-order chi connectivity index (χ1) is 7.27. The maximum absolute atomic E-state index is 12.9. The molecule has 3 nitrogen and oxygen atoms in total. The monoisotopic (exact) mass is 208 g/mol. The van der Waals surface area contributed by atoms with Crippen LogP contribution in [0.4, 0.5) is 4.39 Å². The summed E-state index contributed by atoms with van der Waals surface area (Å²) in [6.45, 7) is 1.72. The molecule has 15 heavy (non-hydrogen) atoms. The van der Waals surface area contributed by atoms with E-state index in [0.717, 1.165) is 32.1 Å². The van der Waals surface area contributed by atoms with Gasteiger partial charge in [-0.15, -0.1) is 0 Å². The first-order valence-corrected chi connectivity index (χ1v) is 5.13.